The van der Waals surface area contributed by atoms with Crippen LogP contribution in [0.15, 0.2) is 64.8 Å². The number of anilines is 1. The highest BCUT2D eigenvalue weighted by Crippen LogP contribution is 2.44. The topological polar surface area (TPSA) is 67.8 Å². The number of para-hydroxylation sites is 2. The van der Waals surface area contributed by atoms with Crippen LogP contribution < -0.4 is 10.1 Å². The Kier molecular flexibility index (Phi) is 5.48. The molecule has 1 N–H and O–H groups in total. The Hall–Kier alpha value is -3.28. The summed E-state index contributed by atoms with van der Waals surface area (Å²) in [7, 11) is 1.53. The van der Waals surface area contributed by atoms with Gasteiger partial charge in [0.1, 0.15) is 11.6 Å². The summed E-state index contributed by atoms with van der Waals surface area (Å²) in [6, 6.07) is 13.4. The maximum absolute atomic E-state index is 14.8. The highest BCUT2D eigenvalue weighted by atomic mass is 19.1. The Balaban J connectivity index is 1.80. The van der Waals surface area contributed by atoms with Gasteiger partial charge in [0.2, 0.25) is 5.91 Å². The Morgan fingerprint density at radius 3 is 2.63 bits per heavy atom. The van der Waals surface area contributed by atoms with Gasteiger partial charge in [-0.1, -0.05) is 30.3 Å². The number of hydrogen-bond acceptors (Lipinski definition) is 4. The molecule has 2 atom stereocenters. The Morgan fingerprint density at radius 1 is 1.13 bits per heavy atom. The number of halogens is 1. The third-order valence-electron chi connectivity index (χ3n) is 5.72. The first-order valence-electron chi connectivity index (χ1n) is 10.0. The van der Waals surface area contributed by atoms with Crippen LogP contribution in [0.1, 0.15) is 37.7 Å². The van der Waals surface area contributed by atoms with E-state index < -0.39 is 17.7 Å². The number of benzene rings is 2. The molecule has 0 saturated carbocycles. The molecular formula is C24H23FN2O3. The first-order valence-corrected chi connectivity index (χ1v) is 10.0. The number of methoxy groups -OCH3 is 1. The zero-order valence-corrected chi connectivity index (χ0v) is 16.9. The molecule has 30 heavy (non-hydrogen) atoms. The quantitative estimate of drug-likeness (QED) is 0.803. The number of aliphatic imine (C=N–C) groups is 1. The highest BCUT2D eigenvalue weighted by Gasteiger charge is 2.43. The van der Waals surface area contributed by atoms with Gasteiger partial charge in [-0.15, -0.1) is 0 Å². The number of Topliss-reactive ketones (excluding diaryl/α,β-unsaturated/α-hetero) is 1. The number of nitrogens with zero attached hydrogens (tertiary/aromatic N) is 1. The molecule has 1 aliphatic carbocycles. The molecule has 6 heteroatoms. The fraction of sp³-hybridized carbons (Fsp3) is 0.292. The van der Waals surface area contributed by atoms with Gasteiger partial charge in [0.05, 0.1) is 18.7 Å². The minimum absolute atomic E-state index is 0.0594. The van der Waals surface area contributed by atoms with Gasteiger partial charge in [-0.2, -0.15) is 0 Å². The lowest BCUT2D eigenvalue weighted by molar-refractivity contribution is -0.119. The summed E-state index contributed by atoms with van der Waals surface area (Å²) in [5.41, 5.74) is 2.58. The molecule has 0 fully saturated rings. The largest absolute Gasteiger partial charge is 0.495 e. The van der Waals surface area contributed by atoms with Crippen LogP contribution in [0.3, 0.4) is 0 Å². The lowest BCUT2D eigenvalue weighted by Crippen LogP contribution is -2.39. The van der Waals surface area contributed by atoms with Crippen LogP contribution in [0.2, 0.25) is 0 Å². The average Bonchev–Trinajstić information content (AvgIpc) is 2.73. The number of nitrogens with one attached hydrogen (secondary N) is 1. The molecule has 0 radical (unpaired) electrons. The molecule has 1 unspecified atom stereocenters. The second-order valence-corrected chi connectivity index (χ2v) is 7.56. The second-order valence-electron chi connectivity index (χ2n) is 7.56. The maximum atomic E-state index is 14.8. The lowest BCUT2D eigenvalue weighted by Gasteiger charge is -2.35. The van der Waals surface area contributed by atoms with Crippen molar-refractivity contribution in [3.8, 4) is 5.75 Å². The van der Waals surface area contributed by atoms with E-state index in [1.165, 1.54) is 13.2 Å². The monoisotopic (exact) mass is 406 g/mol. The molecule has 2 aliphatic rings. The SMILES string of the molecule is COc1ccccc1NC(=O)C1C(C)=NC2=C(C(=O)CCC2)[C@@H]1c1ccccc1F. The van der Waals surface area contributed by atoms with E-state index in [9.17, 15) is 14.0 Å². The van der Waals surface area contributed by atoms with Gasteiger partial charge in [0.15, 0.2) is 5.78 Å². The molecule has 2 aromatic rings. The predicted molar refractivity (Wildman–Crippen MR) is 113 cm³/mol. The van der Waals surface area contributed by atoms with E-state index in [4.69, 9.17) is 4.74 Å². The Labute approximate surface area is 174 Å². The first kappa shape index (κ1) is 20.0. The van der Waals surface area contributed by atoms with Crippen molar-refractivity contribution in [2.45, 2.75) is 32.1 Å². The number of amides is 1. The number of rotatable bonds is 4. The summed E-state index contributed by atoms with van der Waals surface area (Å²) < 4.78 is 20.2. The molecule has 0 saturated heterocycles. The summed E-state index contributed by atoms with van der Waals surface area (Å²) in [5.74, 6) is -1.83. The van der Waals surface area contributed by atoms with E-state index in [1.54, 1.807) is 43.3 Å². The number of hydrogen-bond donors (Lipinski definition) is 1. The van der Waals surface area contributed by atoms with E-state index in [0.29, 0.717) is 46.8 Å². The Bertz CT molecular complexity index is 1070. The number of allylic oxidation sites excluding steroid dienone is 2. The molecular weight excluding hydrogens is 383 g/mol. The minimum Gasteiger partial charge on any atom is -0.495 e. The van der Waals surface area contributed by atoms with Crippen molar-refractivity contribution in [2.24, 2.45) is 10.9 Å². The van der Waals surface area contributed by atoms with Crippen molar-refractivity contribution in [3.63, 3.8) is 0 Å². The molecule has 2 aromatic carbocycles. The van der Waals surface area contributed by atoms with Gasteiger partial charge in [0, 0.05) is 29.3 Å². The molecule has 1 aliphatic heterocycles. The van der Waals surface area contributed by atoms with E-state index in [-0.39, 0.29) is 11.7 Å². The number of carbonyl (C=O) groups is 2. The van der Waals surface area contributed by atoms with Crippen LogP contribution in [-0.4, -0.2) is 24.5 Å². The Morgan fingerprint density at radius 2 is 1.87 bits per heavy atom. The molecule has 0 bridgehead atoms. The standard InChI is InChI=1S/C24H23FN2O3/c1-14-21(24(29)27-17-10-5-6-13-20(17)30-2)22(15-8-3-4-9-16(15)25)23-18(26-14)11-7-12-19(23)28/h3-6,8-10,13,21-22H,7,11-12H2,1-2H3,(H,27,29)/t21?,22-/m1/s1. The van der Waals surface area contributed by atoms with E-state index in [2.05, 4.69) is 10.3 Å². The fourth-order valence-electron chi connectivity index (χ4n) is 4.37. The molecule has 4 rings (SSSR count). The van der Waals surface area contributed by atoms with Crippen molar-refractivity contribution >= 4 is 23.1 Å². The van der Waals surface area contributed by atoms with E-state index >= 15 is 0 Å². The molecule has 0 aromatic heterocycles. The molecule has 0 spiro atoms. The third-order valence-corrected chi connectivity index (χ3v) is 5.72. The normalized spacial score (nSPS) is 21.0. The first-order chi connectivity index (χ1) is 14.5. The van der Waals surface area contributed by atoms with Crippen molar-refractivity contribution in [1.82, 2.24) is 0 Å². The van der Waals surface area contributed by atoms with Gasteiger partial charge in [-0.3, -0.25) is 14.6 Å². The molecule has 1 amide bonds. The van der Waals surface area contributed by atoms with Crippen molar-refractivity contribution in [1.29, 1.82) is 0 Å². The lowest BCUT2D eigenvalue weighted by atomic mass is 9.71. The summed E-state index contributed by atoms with van der Waals surface area (Å²) in [6.07, 6.45) is 1.76. The molecule has 1 heterocycles. The van der Waals surface area contributed by atoms with E-state index in [0.717, 1.165) is 6.42 Å². The molecule has 5 nitrogen and oxygen atoms in total. The van der Waals surface area contributed by atoms with Crippen LogP contribution in [-0.2, 0) is 9.59 Å². The van der Waals surface area contributed by atoms with Crippen LogP contribution in [0.4, 0.5) is 10.1 Å². The number of ketones is 1. The predicted octanol–water partition coefficient (Wildman–Crippen LogP) is 4.65. The van der Waals surface area contributed by atoms with Crippen molar-refractivity contribution in [3.05, 3.63) is 71.2 Å². The number of ether oxygens (including phenoxy) is 1. The zero-order chi connectivity index (χ0) is 21.3. The van der Waals surface area contributed by atoms with Gasteiger partial charge < -0.3 is 10.1 Å². The summed E-state index contributed by atoms with van der Waals surface area (Å²) in [5, 5.41) is 2.89. The summed E-state index contributed by atoms with van der Waals surface area (Å²) in [4.78, 5) is 30.9. The third kappa shape index (κ3) is 3.54. The van der Waals surface area contributed by atoms with Crippen molar-refractivity contribution in [2.75, 3.05) is 12.4 Å². The zero-order valence-electron chi connectivity index (χ0n) is 16.9. The van der Waals surface area contributed by atoms with Crippen LogP contribution >= 0.6 is 0 Å². The van der Waals surface area contributed by atoms with E-state index in [1.807, 2.05) is 6.07 Å². The number of carbonyl (C=O) groups excluding carboxylic acids is 2. The van der Waals surface area contributed by atoms with Gasteiger partial charge >= 0.3 is 0 Å². The average molecular weight is 406 g/mol. The summed E-state index contributed by atoms with van der Waals surface area (Å²) in [6.45, 7) is 1.77. The molecule has 154 valence electrons. The second kappa shape index (κ2) is 8.22. The minimum atomic E-state index is -0.799. The van der Waals surface area contributed by atoms with Crippen molar-refractivity contribution < 1.29 is 18.7 Å². The van der Waals surface area contributed by atoms with Crippen LogP contribution in [0.5, 0.6) is 5.75 Å². The fourth-order valence-corrected chi connectivity index (χ4v) is 4.37. The summed E-state index contributed by atoms with van der Waals surface area (Å²) >= 11 is 0. The van der Waals surface area contributed by atoms with Gasteiger partial charge in [-0.05, 0) is 43.5 Å². The van der Waals surface area contributed by atoms with Crippen LogP contribution in [0, 0.1) is 11.7 Å². The van der Waals surface area contributed by atoms with Crippen LogP contribution in [0.25, 0.3) is 0 Å². The smallest absolute Gasteiger partial charge is 0.234 e. The highest BCUT2D eigenvalue weighted by molar-refractivity contribution is 6.13. The maximum Gasteiger partial charge on any atom is 0.234 e. The van der Waals surface area contributed by atoms with Gasteiger partial charge in [0.25, 0.3) is 0 Å². The van der Waals surface area contributed by atoms with Gasteiger partial charge in [-0.25, -0.2) is 4.39 Å².